The first-order valence-electron chi connectivity index (χ1n) is 4.98. The molecule has 0 saturated heterocycles. The Balaban J connectivity index is 3.87. The van der Waals surface area contributed by atoms with E-state index in [1.165, 1.54) is 24.0 Å². The lowest BCUT2D eigenvalue weighted by Gasteiger charge is -2.09. The minimum absolute atomic E-state index is 0.0489. The van der Waals surface area contributed by atoms with Crippen LogP contribution < -0.4 is 21.7 Å². The van der Waals surface area contributed by atoms with Crippen LogP contribution in [-0.4, -0.2) is 23.0 Å². The fraction of sp³-hybridized carbons (Fsp3) is 0.273. The van der Waals surface area contributed by atoms with Gasteiger partial charge in [0.05, 0.1) is 28.7 Å². The summed E-state index contributed by atoms with van der Waals surface area (Å²) in [5, 5.41) is 3.77. The molecule has 18 heavy (non-hydrogen) atoms. The summed E-state index contributed by atoms with van der Waals surface area (Å²) in [6, 6.07) is 0. The third kappa shape index (κ3) is 2.61. The van der Waals surface area contributed by atoms with Crippen molar-refractivity contribution in [2.75, 3.05) is 7.05 Å². The molecule has 1 aromatic rings. The Hall–Kier alpha value is -2.05. The van der Waals surface area contributed by atoms with E-state index in [-0.39, 0.29) is 22.5 Å². The Bertz CT molecular complexity index is 625. The van der Waals surface area contributed by atoms with Crippen LogP contribution in [0.5, 0.6) is 0 Å². The van der Waals surface area contributed by atoms with Gasteiger partial charge < -0.3 is 5.73 Å². The molecule has 0 unspecified atom stereocenters. The molecular weight excluding hydrogens is 245 g/mol. The van der Waals surface area contributed by atoms with Crippen LogP contribution >= 0.6 is 0 Å². The topological polar surface area (TPSA) is 56.2 Å². The van der Waals surface area contributed by atoms with Crippen LogP contribution in [0.4, 0.5) is 13.2 Å². The first kappa shape index (κ1) is 14.0. The van der Waals surface area contributed by atoms with E-state index in [2.05, 4.69) is 23.2 Å². The SMILES string of the molecule is C=CCn1ncc(=NC)c(=C(N)C(F)(F)F)c1=C. The first-order chi connectivity index (χ1) is 8.32. The van der Waals surface area contributed by atoms with Crippen LogP contribution in [0.2, 0.25) is 0 Å². The smallest absolute Gasteiger partial charge is 0.394 e. The average Bonchev–Trinajstić information content (AvgIpc) is 2.29. The van der Waals surface area contributed by atoms with E-state index in [1.807, 2.05) is 0 Å². The second-order valence-corrected chi connectivity index (χ2v) is 3.46. The molecule has 0 bridgehead atoms. The average molecular weight is 258 g/mol. The summed E-state index contributed by atoms with van der Waals surface area (Å²) in [6.07, 6.45) is -1.93. The molecule has 98 valence electrons. The first-order valence-corrected chi connectivity index (χ1v) is 4.98. The molecule has 4 nitrogen and oxygen atoms in total. The minimum Gasteiger partial charge on any atom is -0.394 e. The van der Waals surface area contributed by atoms with E-state index < -0.39 is 11.9 Å². The number of alkyl halides is 3. The van der Waals surface area contributed by atoms with Gasteiger partial charge in [-0.25, -0.2) is 0 Å². The standard InChI is InChI=1S/C11H13F3N4/c1-4-5-18-7(2)9(8(16-3)6-17-18)10(15)11(12,13)14/h4,6H,1-2,5,15H2,3H3. The van der Waals surface area contributed by atoms with Crippen molar-refractivity contribution in [1.29, 1.82) is 0 Å². The van der Waals surface area contributed by atoms with Crippen molar-refractivity contribution in [1.82, 2.24) is 9.78 Å². The molecule has 0 aliphatic heterocycles. The lowest BCUT2D eigenvalue weighted by Crippen LogP contribution is -2.50. The highest BCUT2D eigenvalue weighted by Gasteiger charge is 2.32. The minimum atomic E-state index is -4.64. The zero-order valence-electron chi connectivity index (χ0n) is 9.83. The number of nitrogens with two attached hydrogens (primary N) is 1. The van der Waals surface area contributed by atoms with Gasteiger partial charge in [-0.3, -0.25) is 9.67 Å². The van der Waals surface area contributed by atoms with Gasteiger partial charge in [0.15, 0.2) is 0 Å². The molecule has 1 heterocycles. The highest BCUT2D eigenvalue weighted by Crippen LogP contribution is 2.20. The summed E-state index contributed by atoms with van der Waals surface area (Å²) >= 11 is 0. The second-order valence-electron chi connectivity index (χ2n) is 3.46. The molecule has 0 amide bonds. The van der Waals surface area contributed by atoms with E-state index >= 15 is 0 Å². The van der Waals surface area contributed by atoms with Crippen LogP contribution in [0.3, 0.4) is 0 Å². The molecule has 7 heteroatoms. The van der Waals surface area contributed by atoms with Gasteiger partial charge >= 0.3 is 6.18 Å². The van der Waals surface area contributed by atoms with Crippen molar-refractivity contribution in [3.05, 3.63) is 34.8 Å². The molecule has 0 atom stereocenters. The van der Waals surface area contributed by atoms with E-state index in [9.17, 15) is 13.2 Å². The maximum Gasteiger partial charge on any atom is 0.431 e. The van der Waals surface area contributed by atoms with Gasteiger partial charge in [0, 0.05) is 7.05 Å². The zero-order valence-corrected chi connectivity index (χ0v) is 9.83. The fourth-order valence-corrected chi connectivity index (χ4v) is 1.42. The maximum absolute atomic E-state index is 12.7. The maximum atomic E-state index is 12.7. The predicted octanol–water partition coefficient (Wildman–Crippen LogP) is -0.361. The number of nitrogens with zero attached hydrogens (tertiary/aromatic N) is 3. The Labute approximate surface area is 101 Å². The van der Waals surface area contributed by atoms with Gasteiger partial charge in [0.25, 0.3) is 0 Å². The van der Waals surface area contributed by atoms with Gasteiger partial charge in [-0.2, -0.15) is 18.3 Å². The molecule has 2 N–H and O–H groups in total. The molecule has 0 radical (unpaired) electrons. The van der Waals surface area contributed by atoms with Crippen molar-refractivity contribution in [3.8, 4) is 0 Å². The van der Waals surface area contributed by atoms with Crippen LogP contribution in [0.25, 0.3) is 12.3 Å². The number of hydrogen-bond acceptors (Lipinski definition) is 3. The number of rotatable bonds is 2. The summed E-state index contributed by atoms with van der Waals surface area (Å²) in [6.45, 7) is 7.30. The molecule has 1 rings (SSSR count). The molecule has 0 saturated carbocycles. The van der Waals surface area contributed by atoms with Gasteiger partial charge in [-0.15, -0.1) is 6.58 Å². The third-order valence-electron chi connectivity index (χ3n) is 2.29. The van der Waals surface area contributed by atoms with Crippen molar-refractivity contribution in [2.24, 2.45) is 10.7 Å². The largest absolute Gasteiger partial charge is 0.431 e. The highest BCUT2D eigenvalue weighted by molar-refractivity contribution is 5.45. The zero-order chi connectivity index (χ0) is 13.9. The monoisotopic (exact) mass is 258 g/mol. The Morgan fingerprint density at radius 3 is 2.67 bits per heavy atom. The lowest BCUT2D eigenvalue weighted by molar-refractivity contribution is -0.0720. The number of halogens is 3. The third-order valence-corrected chi connectivity index (χ3v) is 2.29. The molecule has 0 spiro atoms. The van der Waals surface area contributed by atoms with Crippen molar-refractivity contribution >= 4 is 12.3 Å². The van der Waals surface area contributed by atoms with Crippen LogP contribution in [0.15, 0.2) is 23.8 Å². The van der Waals surface area contributed by atoms with Gasteiger partial charge in [-0.1, -0.05) is 12.7 Å². The van der Waals surface area contributed by atoms with E-state index in [4.69, 9.17) is 5.73 Å². The normalized spacial score (nSPS) is 14.6. The summed E-state index contributed by atoms with van der Waals surface area (Å²) < 4.78 is 39.3. The van der Waals surface area contributed by atoms with Crippen molar-refractivity contribution in [2.45, 2.75) is 12.7 Å². The quantitative estimate of drug-likeness (QED) is 0.736. The molecule has 1 aromatic heterocycles. The lowest BCUT2D eigenvalue weighted by atomic mass is 10.2. The Kier molecular flexibility index (Phi) is 3.95. The van der Waals surface area contributed by atoms with Gasteiger partial charge in [0.2, 0.25) is 0 Å². The van der Waals surface area contributed by atoms with Crippen molar-refractivity contribution < 1.29 is 13.2 Å². The van der Waals surface area contributed by atoms with Crippen LogP contribution in [-0.2, 0) is 6.54 Å². The summed E-state index contributed by atoms with van der Waals surface area (Å²) in [4.78, 5) is 3.72. The highest BCUT2D eigenvalue weighted by atomic mass is 19.4. The molecule has 0 aliphatic rings. The van der Waals surface area contributed by atoms with E-state index in [0.717, 1.165) is 0 Å². The van der Waals surface area contributed by atoms with Crippen LogP contribution in [0, 0.1) is 0 Å². The summed E-state index contributed by atoms with van der Waals surface area (Å²) in [5.74, 6) is 0. The number of hydrogen-bond donors (Lipinski definition) is 1. The molecule has 0 aromatic carbocycles. The summed E-state index contributed by atoms with van der Waals surface area (Å²) in [5.41, 5.74) is 3.91. The predicted molar refractivity (Wildman–Crippen MR) is 62.3 cm³/mol. The van der Waals surface area contributed by atoms with Gasteiger partial charge in [0.1, 0.15) is 5.70 Å². The number of allylic oxidation sites excluding steroid dienone is 1. The molecule has 0 aliphatic carbocycles. The second kappa shape index (κ2) is 5.07. The molecule has 0 fully saturated rings. The van der Waals surface area contributed by atoms with Crippen LogP contribution in [0.1, 0.15) is 0 Å². The fourth-order valence-electron chi connectivity index (χ4n) is 1.42. The Morgan fingerprint density at radius 1 is 1.61 bits per heavy atom. The molecular formula is C11H13F3N4. The Morgan fingerprint density at radius 2 is 2.22 bits per heavy atom. The van der Waals surface area contributed by atoms with Crippen molar-refractivity contribution in [3.63, 3.8) is 0 Å². The number of aromatic nitrogens is 2. The van der Waals surface area contributed by atoms with Gasteiger partial charge in [-0.05, 0) is 0 Å². The van der Waals surface area contributed by atoms with E-state index in [0.29, 0.717) is 0 Å². The summed E-state index contributed by atoms with van der Waals surface area (Å²) in [7, 11) is 1.36. The van der Waals surface area contributed by atoms with E-state index in [1.54, 1.807) is 0 Å².